The molecule has 1 aliphatic rings. The molecule has 156 valence electrons. The van der Waals surface area contributed by atoms with Crippen LogP contribution in [0.4, 0.5) is 5.69 Å². The number of rotatable bonds is 6. The van der Waals surface area contributed by atoms with Crippen LogP contribution in [0.5, 0.6) is 0 Å². The van der Waals surface area contributed by atoms with Crippen molar-refractivity contribution in [2.45, 2.75) is 18.1 Å². The maximum atomic E-state index is 13.0. The average Bonchev–Trinajstić information content (AvgIpc) is 3.52. The summed E-state index contributed by atoms with van der Waals surface area (Å²) < 4.78 is 8.59. The second-order valence-electron chi connectivity index (χ2n) is 7.21. The Morgan fingerprint density at radius 2 is 1.97 bits per heavy atom. The van der Waals surface area contributed by atoms with Crippen LogP contribution in [0.3, 0.4) is 0 Å². The highest BCUT2D eigenvalue weighted by molar-refractivity contribution is 9.10. The predicted molar refractivity (Wildman–Crippen MR) is 124 cm³/mol. The standard InChI is InChI=1S/C23H19BrN4O2S/c24-18-8-9-19-17(13-18)10-11-27(19)21(29)15-31-23-26-25-22(20-7-4-12-30-20)28(23)14-16-5-2-1-3-6-16/h1-9,12-13H,10-11,14-15H2. The Morgan fingerprint density at radius 1 is 1.10 bits per heavy atom. The number of hydrogen-bond acceptors (Lipinski definition) is 5. The number of thioether (sulfide) groups is 1. The quantitative estimate of drug-likeness (QED) is 0.351. The van der Waals surface area contributed by atoms with Crippen LogP contribution in [0.2, 0.25) is 0 Å². The van der Waals surface area contributed by atoms with Gasteiger partial charge in [-0.15, -0.1) is 10.2 Å². The van der Waals surface area contributed by atoms with Gasteiger partial charge in [-0.1, -0.05) is 58.0 Å². The molecule has 31 heavy (non-hydrogen) atoms. The number of halogens is 1. The van der Waals surface area contributed by atoms with Crippen molar-refractivity contribution in [1.29, 1.82) is 0 Å². The molecule has 0 N–H and O–H groups in total. The highest BCUT2D eigenvalue weighted by atomic mass is 79.9. The number of amides is 1. The summed E-state index contributed by atoms with van der Waals surface area (Å²) in [4.78, 5) is 14.9. The smallest absolute Gasteiger partial charge is 0.237 e. The first kappa shape index (κ1) is 20.1. The summed E-state index contributed by atoms with van der Waals surface area (Å²) in [6, 6.07) is 19.9. The zero-order valence-corrected chi connectivity index (χ0v) is 19.0. The van der Waals surface area contributed by atoms with E-state index in [2.05, 4.69) is 44.3 Å². The molecule has 3 heterocycles. The summed E-state index contributed by atoms with van der Waals surface area (Å²) in [5.74, 6) is 1.67. The molecule has 0 fully saturated rings. The SMILES string of the molecule is O=C(CSc1nnc(-c2ccco2)n1Cc1ccccc1)N1CCc2cc(Br)ccc21. The van der Waals surface area contributed by atoms with E-state index < -0.39 is 0 Å². The van der Waals surface area contributed by atoms with Crippen molar-refractivity contribution >= 4 is 39.3 Å². The van der Waals surface area contributed by atoms with Crippen LogP contribution >= 0.6 is 27.7 Å². The Hall–Kier alpha value is -2.84. The molecule has 0 saturated carbocycles. The highest BCUT2D eigenvalue weighted by Crippen LogP contribution is 2.32. The number of aromatic nitrogens is 3. The van der Waals surface area contributed by atoms with Crippen LogP contribution in [0.25, 0.3) is 11.6 Å². The van der Waals surface area contributed by atoms with Gasteiger partial charge in [0.1, 0.15) is 0 Å². The number of nitrogens with zero attached hydrogens (tertiary/aromatic N) is 4. The number of hydrogen-bond donors (Lipinski definition) is 0. The van der Waals surface area contributed by atoms with E-state index in [0.29, 0.717) is 35.6 Å². The summed E-state index contributed by atoms with van der Waals surface area (Å²) in [7, 11) is 0. The van der Waals surface area contributed by atoms with Gasteiger partial charge in [0.05, 0.1) is 18.6 Å². The Morgan fingerprint density at radius 3 is 2.77 bits per heavy atom. The third kappa shape index (κ3) is 4.18. The van der Waals surface area contributed by atoms with Crippen molar-refractivity contribution in [1.82, 2.24) is 14.8 Å². The summed E-state index contributed by atoms with van der Waals surface area (Å²) in [5, 5.41) is 9.40. The Labute approximate surface area is 192 Å². The molecule has 2 aromatic carbocycles. The van der Waals surface area contributed by atoms with Crippen molar-refractivity contribution in [2.75, 3.05) is 17.2 Å². The van der Waals surface area contributed by atoms with E-state index in [1.54, 1.807) is 6.26 Å². The summed E-state index contributed by atoms with van der Waals surface area (Å²) >= 11 is 4.91. The molecule has 4 aromatic rings. The minimum absolute atomic E-state index is 0.0693. The maximum Gasteiger partial charge on any atom is 0.237 e. The van der Waals surface area contributed by atoms with Gasteiger partial charge in [0.2, 0.25) is 11.7 Å². The lowest BCUT2D eigenvalue weighted by Crippen LogP contribution is -2.30. The summed E-state index contributed by atoms with van der Waals surface area (Å²) in [6.45, 7) is 1.31. The number of carbonyl (C=O) groups is 1. The van der Waals surface area contributed by atoms with Crippen molar-refractivity contribution < 1.29 is 9.21 Å². The minimum Gasteiger partial charge on any atom is -0.461 e. The Kier molecular flexibility index (Phi) is 5.65. The van der Waals surface area contributed by atoms with Crippen molar-refractivity contribution in [3.63, 3.8) is 0 Å². The molecule has 5 rings (SSSR count). The molecule has 0 atom stereocenters. The van der Waals surface area contributed by atoms with E-state index in [0.717, 1.165) is 22.1 Å². The summed E-state index contributed by atoms with van der Waals surface area (Å²) in [5.41, 5.74) is 3.32. The van der Waals surface area contributed by atoms with E-state index in [1.165, 1.54) is 17.3 Å². The first-order valence-electron chi connectivity index (χ1n) is 9.91. The molecule has 0 aliphatic carbocycles. The molecule has 0 radical (unpaired) electrons. The highest BCUT2D eigenvalue weighted by Gasteiger charge is 2.25. The van der Waals surface area contributed by atoms with Crippen molar-refractivity contribution in [3.8, 4) is 11.6 Å². The molecule has 0 spiro atoms. The number of benzene rings is 2. The van der Waals surface area contributed by atoms with Crippen LogP contribution in [-0.2, 0) is 17.8 Å². The molecule has 1 aliphatic heterocycles. The molecule has 1 amide bonds. The van der Waals surface area contributed by atoms with Crippen molar-refractivity contribution in [2.24, 2.45) is 0 Å². The molecule has 6 nitrogen and oxygen atoms in total. The lowest BCUT2D eigenvalue weighted by molar-refractivity contribution is -0.116. The average molecular weight is 495 g/mol. The fourth-order valence-electron chi connectivity index (χ4n) is 3.73. The monoisotopic (exact) mass is 494 g/mol. The van der Waals surface area contributed by atoms with E-state index in [4.69, 9.17) is 4.42 Å². The van der Waals surface area contributed by atoms with Gasteiger partial charge in [-0.25, -0.2) is 0 Å². The van der Waals surface area contributed by atoms with Crippen molar-refractivity contribution in [3.05, 3.63) is 82.5 Å². The lowest BCUT2D eigenvalue weighted by Gasteiger charge is -2.17. The third-order valence-corrected chi connectivity index (χ3v) is 6.65. The van der Waals surface area contributed by atoms with Crippen LogP contribution in [0, 0.1) is 0 Å². The van der Waals surface area contributed by atoms with Gasteiger partial charge in [-0.05, 0) is 47.9 Å². The van der Waals surface area contributed by atoms with Gasteiger partial charge in [0.25, 0.3) is 0 Å². The minimum atomic E-state index is 0.0693. The van der Waals surface area contributed by atoms with E-state index in [9.17, 15) is 4.79 Å². The second-order valence-corrected chi connectivity index (χ2v) is 9.07. The third-order valence-electron chi connectivity index (χ3n) is 5.20. The lowest BCUT2D eigenvalue weighted by atomic mass is 10.2. The van der Waals surface area contributed by atoms with E-state index >= 15 is 0 Å². The van der Waals surface area contributed by atoms with Crippen LogP contribution in [0.15, 0.2) is 81.0 Å². The van der Waals surface area contributed by atoms with Gasteiger partial charge >= 0.3 is 0 Å². The molecule has 8 heteroatoms. The van der Waals surface area contributed by atoms with Gasteiger partial charge in [0, 0.05) is 16.7 Å². The molecular weight excluding hydrogens is 476 g/mol. The first-order chi connectivity index (χ1) is 15.2. The van der Waals surface area contributed by atoms with Crippen LogP contribution in [-0.4, -0.2) is 33.0 Å². The second kappa shape index (κ2) is 8.72. The Balaban J connectivity index is 1.37. The van der Waals surface area contributed by atoms with Crippen LogP contribution in [0.1, 0.15) is 11.1 Å². The van der Waals surface area contributed by atoms with Gasteiger partial charge < -0.3 is 9.32 Å². The summed E-state index contributed by atoms with van der Waals surface area (Å²) in [6.07, 6.45) is 2.49. The van der Waals surface area contributed by atoms with Gasteiger partial charge in [-0.2, -0.15) is 0 Å². The molecule has 0 unspecified atom stereocenters. The first-order valence-corrected chi connectivity index (χ1v) is 11.7. The number of carbonyl (C=O) groups excluding carboxylic acids is 1. The number of anilines is 1. The van der Waals surface area contributed by atoms with E-state index in [1.807, 2.05) is 51.9 Å². The van der Waals surface area contributed by atoms with Gasteiger partial charge in [0.15, 0.2) is 10.9 Å². The molecule has 2 aromatic heterocycles. The fourth-order valence-corrected chi connectivity index (χ4v) is 4.95. The molecule has 0 bridgehead atoms. The zero-order chi connectivity index (χ0) is 21.2. The normalized spacial score (nSPS) is 12.9. The number of furan rings is 1. The fraction of sp³-hybridized carbons (Fsp3) is 0.174. The van der Waals surface area contributed by atoms with Gasteiger partial charge in [-0.3, -0.25) is 9.36 Å². The molecule has 0 saturated heterocycles. The van der Waals surface area contributed by atoms with Crippen LogP contribution < -0.4 is 4.90 Å². The molecular formula is C23H19BrN4O2S. The predicted octanol–water partition coefficient (Wildman–Crippen LogP) is 5.03. The number of fused-ring (bicyclic) bond motifs is 1. The topological polar surface area (TPSA) is 64.2 Å². The largest absolute Gasteiger partial charge is 0.461 e. The van der Waals surface area contributed by atoms with E-state index in [-0.39, 0.29) is 5.91 Å². The Bertz CT molecular complexity index is 1210. The zero-order valence-electron chi connectivity index (χ0n) is 16.6. The maximum absolute atomic E-state index is 13.0.